The quantitative estimate of drug-likeness (QED) is 0.728. The number of nitrogens with zero attached hydrogens (tertiary/aromatic N) is 3. The molecule has 1 aromatic carbocycles. The highest BCUT2D eigenvalue weighted by Gasteiger charge is 2.24. The van der Waals surface area contributed by atoms with Gasteiger partial charge in [-0.15, -0.1) is 0 Å². The molecular formula is C21H25N3O4. The van der Waals surface area contributed by atoms with E-state index in [0.717, 1.165) is 28.4 Å². The number of carbonyl (C=O) groups excluding carboxylic acids is 2. The van der Waals surface area contributed by atoms with Crippen molar-refractivity contribution in [3.05, 3.63) is 68.5 Å². The van der Waals surface area contributed by atoms with Gasteiger partial charge in [-0.2, -0.15) is 0 Å². The summed E-state index contributed by atoms with van der Waals surface area (Å²) in [6.07, 6.45) is 4.04. The van der Waals surface area contributed by atoms with E-state index in [4.69, 9.17) is 0 Å². The number of hydrogen-bond donors (Lipinski definition) is 0. The Labute approximate surface area is 163 Å². The lowest BCUT2D eigenvalue weighted by atomic mass is 9.90. The molecule has 1 aliphatic rings. The number of hydrogen-bond acceptors (Lipinski definition) is 4. The Hall–Kier alpha value is -2.96. The first-order valence-electron chi connectivity index (χ1n) is 9.50. The van der Waals surface area contributed by atoms with E-state index < -0.39 is 17.0 Å². The first kappa shape index (κ1) is 19.8. The fourth-order valence-electron chi connectivity index (χ4n) is 3.66. The maximum absolute atomic E-state index is 12.7. The zero-order valence-electron chi connectivity index (χ0n) is 16.3. The van der Waals surface area contributed by atoms with Gasteiger partial charge in [-0.25, -0.2) is 4.79 Å². The lowest BCUT2D eigenvalue weighted by Crippen LogP contribution is -2.45. The van der Waals surface area contributed by atoms with Gasteiger partial charge in [0.2, 0.25) is 5.91 Å². The van der Waals surface area contributed by atoms with E-state index in [9.17, 15) is 19.2 Å². The van der Waals surface area contributed by atoms with Crippen LogP contribution in [0.25, 0.3) is 0 Å². The second kappa shape index (κ2) is 8.37. The van der Waals surface area contributed by atoms with E-state index in [0.29, 0.717) is 19.0 Å². The van der Waals surface area contributed by atoms with Crippen LogP contribution in [0.1, 0.15) is 35.7 Å². The van der Waals surface area contributed by atoms with Crippen molar-refractivity contribution in [2.75, 3.05) is 13.1 Å². The van der Waals surface area contributed by atoms with E-state index in [2.05, 4.69) is 12.1 Å². The minimum Gasteiger partial charge on any atom is -0.341 e. The van der Waals surface area contributed by atoms with Crippen LogP contribution in [-0.2, 0) is 24.8 Å². The topological polar surface area (TPSA) is 81.4 Å². The van der Waals surface area contributed by atoms with Gasteiger partial charge in [-0.1, -0.05) is 30.3 Å². The highest BCUT2D eigenvalue weighted by atomic mass is 16.2. The van der Waals surface area contributed by atoms with Crippen LogP contribution in [-0.4, -0.2) is 38.8 Å². The maximum Gasteiger partial charge on any atom is 0.331 e. The molecule has 3 rings (SSSR count). The molecule has 1 aliphatic heterocycles. The predicted molar refractivity (Wildman–Crippen MR) is 105 cm³/mol. The molecule has 7 heteroatoms. The number of benzene rings is 1. The number of piperidine rings is 1. The van der Waals surface area contributed by atoms with Gasteiger partial charge in [-0.05, 0) is 37.7 Å². The Bertz CT molecular complexity index is 983. The third-order valence-corrected chi connectivity index (χ3v) is 5.37. The Kier molecular flexibility index (Phi) is 5.92. The summed E-state index contributed by atoms with van der Waals surface area (Å²) in [6, 6.07) is 10.3. The lowest BCUT2D eigenvalue weighted by molar-refractivity contribution is -0.133. The number of rotatable bonds is 5. The number of carbonyl (C=O) groups is 2. The molecule has 1 amide bonds. The summed E-state index contributed by atoms with van der Waals surface area (Å²) in [4.78, 5) is 50.3. The molecule has 0 spiro atoms. The molecule has 1 saturated heterocycles. The number of aromatic nitrogens is 2. The zero-order chi connectivity index (χ0) is 20.3. The Balaban J connectivity index is 1.64. The molecule has 0 saturated carbocycles. The summed E-state index contributed by atoms with van der Waals surface area (Å²) in [5.74, 6) is -0.0621. The highest BCUT2D eigenvalue weighted by molar-refractivity contribution is 5.93. The SMILES string of the molecule is CC(=O)c1cn(CC(=O)N2CCC(Cc3ccccc3)CC2)c(=O)n(C)c1=O. The van der Waals surface area contributed by atoms with Gasteiger partial charge in [0.25, 0.3) is 5.56 Å². The first-order valence-corrected chi connectivity index (χ1v) is 9.50. The molecule has 0 N–H and O–H groups in total. The predicted octanol–water partition coefficient (Wildman–Crippen LogP) is 1.23. The van der Waals surface area contributed by atoms with Crippen molar-refractivity contribution in [3.8, 4) is 0 Å². The number of likely N-dealkylation sites (tertiary alicyclic amines) is 1. The smallest absolute Gasteiger partial charge is 0.331 e. The molecule has 0 aliphatic carbocycles. The second-order valence-corrected chi connectivity index (χ2v) is 7.39. The average Bonchev–Trinajstić information content (AvgIpc) is 2.69. The zero-order valence-corrected chi connectivity index (χ0v) is 16.3. The van der Waals surface area contributed by atoms with Crippen LogP contribution in [0.15, 0.2) is 46.1 Å². The van der Waals surface area contributed by atoms with Crippen molar-refractivity contribution in [1.82, 2.24) is 14.0 Å². The molecule has 0 unspecified atom stereocenters. The average molecular weight is 383 g/mol. The number of amides is 1. The fraction of sp³-hybridized carbons (Fsp3) is 0.429. The molecule has 2 aromatic rings. The monoisotopic (exact) mass is 383 g/mol. The van der Waals surface area contributed by atoms with Gasteiger partial charge in [0, 0.05) is 26.3 Å². The first-order chi connectivity index (χ1) is 13.4. The van der Waals surface area contributed by atoms with Gasteiger partial charge in [-0.3, -0.25) is 23.5 Å². The molecule has 0 radical (unpaired) electrons. The van der Waals surface area contributed by atoms with E-state index >= 15 is 0 Å². The van der Waals surface area contributed by atoms with Crippen molar-refractivity contribution < 1.29 is 9.59 Å². The maximum atomic E-state index is 12.7. The fourth-order valence-corrected chi connectivity index (χ4v) is 3.66. The lowest BCUT2D eigenvalue weighted by Gasteiger charge is -2.32. The van der Waals surface area contributed by atoms with Crippen LogP contribution >= 0.6 is 0 Å². The van der Waals surface area contributed by atoms with Gasteiger partial charge in [0.05, 0.1) is 5.56 Å². The van der Waals surface area contributed by atoms with Crippen molar-refractivity contribution in [1.29, 1.82) is 0 Å². The Morgan fingerprint density at radius 3 is 2.32 bits per heavy atom. The standard InChI is InChI=1S/C21H25N3O4/c1-15(25)18-13-24(21(28)22(2)20(18)27)14-19(26)23-10-8-17(9-11-23)12-16-6-4-3-5-7-16/h3-7,13,17H,8-12,14H2,1-2H3. The van der Waals surface area contributed by atoms with Crippen molar-refractivity contribution >= 4 is 11.7 Å². The summed E-state index contributed by atoms with van der Waals surface area (Å²) in [5, 5.41) is 0. The van der Waals surface area contributed by atoms with Crippen LogP contribution in [0.5, 0.6) is 0 Å². The Morgan fingerprint density at radius 2 is 1.71 bits per heavy atom. The van der Waals surface area contributed by atoms with E-state index in [1.165, 1.54) is 25.7 Å². The van der Waals surface area contributed by atoms with Crippen molar-refractivity contribution in [2.24, 2.45) is 13.0 Å². The molecule has 7 nitrogen and oxygen atoms in total. The van der Waals surface area contributed by atoms with E-state index in [1.807, 2.05) is 18.2 Å². The molecule has 0 bridgehead atoms. The van der Waals surface area contributed by atoms with Gasteiger partial charge in [0.15, 0.2) is 5.78 Å². The van der Waals surface area contributed by atoms with Gasteiger partial charge in [0.1, 0.15) is 6.54 Å². The van der Waals surface area contributed by atoms with Crippen LogP contribution in [0.2, 0.25) is 0 Å². The summed E-state index contributed by atoms with van der Waals surface area (Å²) in [7, 11) is 1.31. The van der Waals surface area contributed by atoms with Gasteiger partial charge >= 0.3 is 5.69 Å². The minimum absolute atomic E-state index is 0.0866. The largest absolute Gasteiger partial charge is 0.341 e. The normalized spacial score (nSPS) is 14.9. The summed E-state index contributed by atoms with van der Waals surface area (Å²) in [5.41, 5.74) is -0.0116. The summed E-state index contributed by atoms with van der Waals surface area (Å²) in [6.45, 7) is 2.40. The van der Waals surface area contributed by atoms with Gasteiger partial charge < -0.3 is 4.90 Å². The molecule has 148 valence electrons. The molecule has 2 heterocycles. The van der Waals surface area contributed by atoms with Crippen LogP contribution in [0, 0.1) is 5.92 Å². The van der Waals surface area contributed by atoms with Crippen LogP contribution < -0.4 is 11.2 Å². The van der Waals surface area contributed by atoms with Crippen molar-refractivity contribution in [3.63, 3.8) is 0 Å². The third kappa shape index (κ3) is 4.30. The van der Waals surface area contributed by atoms with Crippen LogP contribution in [0.3, 0.4) is 0 Å². The van der Waals surface area contributed by atoms with E-state index in [-0.39, 0.29) is 18.0 Å². The third-order valence-electron chi connectivity index (χ3n) is 5.37. The Morgan fingerprint density at radius 1 is 1.07 bits per heavy atom. The minimum atomic E-state index is -0.636. The molecule has 28 heavy (non-hydrogen) atoms. The van der Waals surface area contributed by atoms with E-state index in [1.54, 1.807) is 4.90 Å². The molecule has 0 atom stereocenters. The molecule has 1 fully saturated rings. The number of ketones is 1. The summed E-state index contributed by atoms with van der Waals surface area (Å²) >= 11 is 0. The molecular weight excluding hydrogens is 358 g/mol. The second-order valence-electron chi connectivity index (χ2n) is 7.39. The molecule has 1 aromatic heterocycles. The number of Topliss-reactive ketones (excluding diaryl/α,β-unsaturated/α-hetero) is 1. The van der Waals surface area contributed by atoms with Crippen molar-refractivity contribution in [2.45, 2.75) is 32.7 Å². The van der Waals surface area contributed by atoms with Crippen LogP contribution in [0.4, 0.5) is 0 Å². The highest BCUT2D eigenvalue weighted by Crippen LogP contribution is 2.21. The summed E-state index contributed by atoms with van der Waals surface area (Å²) < 4.78 is 2.02.